The van der Waals surface area contributed by atoms with Gasteiger partial charge in [0.25, 0.3) is 11.7 Å². The van der Waals surface area contributed by atoms with E-state index in [1.807, 2.05) is 6.07 Å². The molecule has 9 heteroatoms. The number of piperidine rings is 1. The molecule has 0 saturated carbocycles. The quantitative estimate of drug-likeness (QED) is 0.611. The largest absolute Gasteiger partial charge is 0.417 e. The second kappa shape index (κ2) is 9.53. The van der Waals surface area contributed by atoms with Crippen molar-refractivity contribution in [2.24, 2.45) is 4.99 Å². The van der Waals surface area contributed by atoms with Crippen LogP contribution in [0.25, 0.3) is 0 Å². The van der Waals surface area contributed by atoms with Crippen LogP contribution in [0.5, 0.6) is 0 Å². The molecule has 2 aromatic rings. The molecular weight excluding hydrogens is 457 g/mol. The van der Waals surface area contributed by atoms with E-state index < -0.39 is 23.4 Å². The summed E-state index contributed by atoms with van der Waals surface area (Å²) < 4.78 is 39.1. The molecule has 0 radical (unpaired) electrons. The molecule has 1 atom stereocenters. The first kappa shape index (κ1) is 23.7. The van der Waals surface area contributed by atoms with Crippen LogP contribution in [-0.2, 0) is 22.2 Å². The summed E-state index contributed by atoms with van der Waals surface area (Å²) in [7, 11) is 0. The summed E-state index contributed by atoms with van der Waals surface area (Å²) in [5.74, 6) is -0.794. The number of halogens is 3. The third-order valence-electron chi connectivity index (χ3n) is 7.35. The maximum atomic E-state index is 13.0. The number of rotatable bonds is 4. The summed E-state index contributed by atoms with van der Waals surface area (Å²) in [5.41, 5.74) is 0.882. The highest BCUT2D eigenvalue weighted by atomic mass is 19.4. The number of nitrogens with zero attached hydrogens (tertiary/aromatic N) is 4. The van der Waals surface area contributed by atoms with Crippen LogP contribution < -0.4 is 0 Å². The van der Waals surface area contributed by atoms with Gasteiger partial charge in [-0.15, -0.1) is 0 Å². The molecule has 4 heterocycles. The predicted octanol–water partition coefficient (Wildman–Crippen LogP) is 4.17. The van der Waals surface area contributed by atoms with E-state index in [-0.39, 0.29) is 30.3 Å². The van der Waals surface area contributed by atoms with Crippen LogP contribution in [0.4, 0.5) is 18.9 Å². The third kappa shape index (κ3) is 5.00. The van der Waals surface area contributed by atoms with Crippen LogP contribution in [0.3, 0.4) is 0 Å². The number of aromatic nitrogens is 1. The van der Waals surface area contributed by atoms with Crippen LogP contribution in [-0.4, -0.2) is 64.4 Å². The van der Waals surface area contributed by atoms with Gasteiger partial charge < -0.3 is 4.90 Å². The summed E-state index contributed by atoms with van der Waals surface area (Å²) in [5, 5.41) is 0. The van der Waals surface area contributed by atoms with Crippen molar-refractivity contribution in [2.45, 2.75) is 50.2 Å². The fraction of sp³-hybridized carbons (Fsp3) is 0.462. The number of likely N-dealkylation sites (tertiary alicyclic amines) is 2. The maximum absolute atomic E-state index is 13.0. The molecule has 0 N–H and O–H groups in total. The molecule has 2 saturated heterocycles. The van der Waals surface area contributed by atoms with E-state index in [0.717, 1.165) is 44.6 Å². The fourth-order valence-corrected chi connectivity index (χ4v) is 5.34. The van der Waals surface area contributed by atoms with Crippen molar-refractivity contribution in [3.8, 4) is 0 Å². The Kier molecular flexibility index (Phi) is 6.44. The lowest BCUT2D eigenvalue weighted by atomic mass is 9.89. The average molecular weight is 485 g/mol. The van der Waals surface area contributed by atoms with E-state index >= 15 is 0 Å². The minimum absolute atomic E-state index is 0.00995. The number of Topliss-reactive ketones (excluding diaryl/α,β-unsaturated/α-hetero) is 1. The highest BCUT2D eigenvalue weighted by molar-refractivity contribution is 6.65. The van der Waals surface area contributed by atoms with Crippen molar-refractivity contribution < 1.29 is 22.8 Å². The molecule has 35 heavy (non-hydrogen) atoms. The summed E-state index contributed by atoms with van der Waals surface area (Å²) >= 11 is 0. The Bertz CT molecular complexity index is 1140. The average Bonchev–Trinajstić information content (AvgIpc) is 3.37. The Balaban J connectivity index is 1.20. The summed E-state index contributed by atoms with van der Waals surface area (Å²) in [6.45, 7) is 2.90. The lowest BCUT2D eigenvalue weighted by molar-refractivity contribution is -0.140. The van der Waals surface area contributed by atoms with Crippen molar-refractivity contribution in [1.82, 2.24) is 14.8 Å². The van der Waals surface area contributed by atoms with Crippen molar-refractivity contribution in [1.29, 1.82) is 0 Å². The van der Waals surface area contributed by atoms with Gasteiger partial charge in [-0.25, -0.2) is 4.99 Å². The van der Waals surface area contributed by atoms with Crippen LogP contribution in [0.2, 0.25) is 0 Å². The number of ketones is 1. The normalized spacial score (nSPS) is 21.5. The third-order valence-corrected chi connectivity index (χ3v) is 7.35. The number of alkyl halides is 3. The van der Waals surface area contributed by atoms with Gasteiger partial charge in [-0.1, -0.05) is 30.3 Å². The van der Waals surface area contributed by atoms with E-state index in [0.29, 0.717) is 24.7 Å². The monoisotopic (exact) mass is 484 g/mol. The van der Waals surface area contributed by atoms with E-state index in [1.54, 1.807) is 4.90 Å². The Morgan fingerprint density at radius 2 is 1.71 bits per heavy atom. The number of pyridine rings is 1. The molecule has 184 valence electrons. The molecule has 1 aromatic carbocycles. The zero-order valence-electron chi connectivity index (χ0n) is 19.3. The van der Waals surface area contributed by atoms with Crippen LogP contribution in [0.15, 0.2) is 47.6 Å². The number of carbonyl (C=O) groups is 2. The first-order chi connectivity index (χ1) is 16.8. The molecule has 3 aliphatic rings. The molecular formula is C26H27F3N4O2. The van der Waals surface area contributed by atoms with Crippen LogP contribution in [0.1, 0.15) is 48.4 Å². The van der Waals surface area contributed by atoms with Crippen LogP contribution >= 0.6 is 0 Å². The number of hydrogen-bond acceptors (Lipinski definition) is 5. The molecule has 0 spiro atoms. The van der Waals surface area contributed by atoms with Gasteiger partial charge >= 0.3 is 6.18 Å². The molecule has 0 aliphatic carbocycles. The molecule has 1 amide bonds. The van der Waals surface area contributed by atoms with Gasteiger partial charge in [-0.2, -0.15) is 13.2 Å². The van der Waals surface area contributed by atoms with Gasteiger partial charge in [-0.05, 0) is 62.7 Å². The lowest BCUT2D eigenvalue weighted by Gasteiger charge is -2.36. The zero-order chi connectivity index (χ0) is 24.6. The number of amides is 1. The highest BCUT2D eigenvalue weighted by Crippen LogP contribution is 2.34. The first-order valence-corrected chi connectivity index (χ1v) is 12.1. The number of aliphatic imine (C=N–C) groups is 1. The van der Waals surface area contributed by atoms with E-state index in [9.17, 15) is 22.8 Å². The summed E-state index contributed by atoms with van der Waals surface area (Å²) in [6, 6.07) is 11.6. The lowest BCUT2D eigenvalue weighted by Crippen LogP contribution is -2.44. The fourth-order valence-electron chi connectivity index (χ4n) is 5.34. The topological polar surface area (TPSA) is 65.9 Å². The zero-order valence-corrected chi connectivity index (χ0v) is 19.3. The van der Waals surface area contributed by atoms with Gasteiger partial charge in [0.05, 0.1) is 22.7 Å². The highest BCUT2D eigenvalue weighted by Gasteiger charge is 2.37. The van der Waals surface area contributed by atoms with Crippen molar-refractivity contribution in [2.75, 3.05) is 26.2 Å². The smallest absolute Gasteiger partial charge is 0.334 e. The standard InChI is InChI=1S/C26H27F3N4O2/c27-26(28,29)19-14-23-21(30-15-19)6-7-22(31-23)24(34)25(35)33-13-10-20(16-33)32-11-8-18(9-12-32)17-4-2-1-3-5-17/h1-5,14-15,18,20H,6-13,16H2. The van der Waals surface area contributed by atoms with Gasteiger partial charge in [0.15, 0.2) is 0 Å². The number of benzene rings is 1. The Labute approximate surface area is 201 Å². The Hall–Kier alpha value is -3.07. The minimum Gasteiger partial charge on any atom is -0.334 e. The van der Waals surface area contributed by atoms with Crippen molar-refractivity contribution in [3.63, 3.8) is 0 Å². The summed E-state index contributed by atoms with van der Waals surface area (Å²) in [4.78, 5) is 37.7. The summed E-state index contributed by atoms with van der Waals surface area (Å²) in [6.07, 6.45) is -0.350. The SMILES string of the molecule is O=C(C(=O)N1CCC(N2CCC(c3ccccc3)CC2)C1)C1=Nc2cc(C(F)(F)F)cnc2CC1. The van der Waals surface area contributed by atoms with Gasteiger partial charge in [-0.3, -0.25) is 19.5 Å². The molecule has 6 nitrogen and oxygen atoms in total. The molecule has 1 unspecified atom stereocenters. The van der Waals surface area contributed by atoms with Crippen LogP contribution in [0, 0.1) is 0 Å². The van der Waals surface area contributed by atoms with E-state index in [1.165, 1.54) is 5.56 Å². The van der Waals surface area contributed by atoms with E-state index in [4.69, 9.17) is 0 Å². The number of hydrogen-bond donors (Lipinski definition) is 0. The second-order valence-corrected chi connectivity index (χ2v) is 9.49. The van der Waals surface area contributed by atoms with Gasteiger partial charge in [0.2, 0.25) is 0 Å². The molecule has 3 aliphatic heterocycles. The van der Waals surface area contributed by atoms with Crippen molar-refractivity contribution >= 4 is 23.1 Å². The molecule has 1 aromatic heterocycles. The van der Waals surface area contributed by atoms with E-state index in [2.05, 4.69) is 39.1 Å². The Morgan fingerprint density at radius 1 is 0.971 bits per heavy atom. The van der Waals surface area contributed by atoms with Crippen molar-refractivity contribution in [3.05, 3.63) is 59.4 Å². The minimum atomic E-state index is -4.55. The maximum Gasteiger partial charge on any atom is 0.417 e. The number of carbonyl (C=O) groups excluding carboxylic acids is 2. The Morgan fingerprint density at radius 3 is 2.43 bits per heavy atom. The molecule has 0 bridgehead atoms. The molecule has 2 fully saturated rings. The number of aryl methyl sites for hydroxylation is 1. The first-order valence-electron chi connectivity index (χ1n) is 12.1. The van der Waals surface area contributed by atoms with Gasteiger partial charge in [0, 0.05) is 25.3 Å². The van der Waals surface area contributed by atoms with Gasteiger partial charge in [0.1, 0.15) is 0 Å². The number of fused-ring (bicyclic) bond motifs is 1. The molecule has 5 rings (SSSR count). The second-order valence-electron chi connectivity index (χ2n) is 9.49. The predicted molar refractivity (Wildman–Crippen MR) is 125 cm³/mol.